The number of aromatic carboxylic acids is 1. The van der Waals surface area contributed by atoms with Crippen LogP contribution in [0.3, 0.4) is 0 Å². The van der Waals surface area contributed by atoms with E-state index in [1.165, 1.54) is 24.3 Å². The lowest BCUT2D eigenvalue weighted by molar-refractivity contribution is -0.145. The maximum atomic E-state index is 11.4. The van der Waals surface area contributed by atoms with E-state index in [2.05, 4.69) is 4.74 Å². The van der Waals surface area contributed by atoms with E-state index in [9.17, 15) is 14.4 Å². The van der Waals surface area contributed by atoms with Gasteiger partial charge in [-0.05, 0) is 31.2 Å². The van der Waals surface area contributed by atoms with Crippen molar-refractivity contribution in [3.05, 3.63) is 29.8 Å². The van der Waals surface area contributed by atoms with Gasteiger partial charge >= 0.3 is 11.9 Å². The summed E-state index contributed by atoms with van der Waals surface area (Å²) in [5.74, 6) is -1.66. The summed E-state index contributed by atoms with van der Waals surface area (Å²) in [7, 11) is 0. The summed E-state index contributed by atoms with van der Waals surface area (Å²) in [5, 5.41) is 8.70. The fourth-order valence-electron chi connectivity index (χ4n) is 1.28. The minimum absolute atomic E-state index is 0.130. The summed E-state index contributed by atoms with van der Waals surface area (Å²) >= 11 is 0. The van der Waals surface area contributed by atoms with Gasteiger partial charge in [0.15, 0.2) is 5.78 Å². The van der Waals surface area contributed by atoms with Crippen LogP contribution in [0.15, 0.2) is 24.3 Å². The standard InChI is InChI=1S/C13H14O6/c1-2-18-12(15)7-10(14)8-19-11-5-3-9(4-6-11)13(16)17/h3-6H,2,7-8H2,1H3,(H,16,17). The highest BCUT2D eigenvalue weighted by atomic mass is 16.5. The number of hydrogen-bond donors (Lipinski definition) is 1. The number of Topliss-reactive ketones (excluding diaryl/α,β-unsaturated/α-hetero) is 1. The molecule has 1 aromatic carbocycles. The number of rotatable bonds is 7. The Bertz CT molecular complexity index is 463. The van der Waals surface area contributed by atoms with Crippen molar-refractivity contribution >= 4 is 17.7 Å². The van der Waals surface area contributed by atoms with Crippen LogP contribution in [-0.2, 0) is 14.3 Å². The van der Waals surface area contributed by atoms with Crippen LogP contribution >= 0.6 is 0 Å². The minimum atomic E-state index is -1.04. The molecule has 0 aliphatic carbocycles. The highest BCUT2D eigenvalue weighted by molar-refractivity contribution is 5.96. The van der Waals surface area contributed by atoms with Crippen molar-refractivity contribution in [2.45, 2.75) is 13.3 Å². The number of ketones is 1. The first-order chi connectivity index (χ1) is 9.02. The molecule has 0 spiro atoms. The van der Waals surface area contributed by atoms with Crippen LogP contribution < -0.4 is 4.74 Å². The number of benzene rings is 1. The van der Waals surface area contributed by atoms with Crippen molar-refractivity contribution in [2.24, 2.45) is 0 Å². The molecule has 0 saturated heterocycles. The van der Waals surface area contributed by atoms with Gasteiger partial charge in [-0.1, -0.05) is 0 Å². The van der Waals surface area contributed by atoms with Gasteiger partial charge in [0.25, 0.3) is 0 Å². The molecule has 0 fully saturated rings. The van der Waals surface area contributed by atoms with Crippen LogP contribution in [0.1, 0.15) is 23.7 Å². The van der Waals surface area contributed by atoms with E-state index >= 15 is 0 Å². The van der Waals surface area contributed by atoms with Gasteiger partial charge in [0.05, 0.1) is 12.2 Å². The van der Waals surface area contributed by atoms with E-state index in [4.69, 9.17) is 9.84 Å². The second-order valence-corrected chi connectivity index (χ2v) is 3.64. The zero-order valence-corrected chi connectivity index (χ0v) is 10.4. The molecule has 0 heterocycles. The van der Waals surface area contributed by atoms with Gasteiger partial charge < -0.3 is 14.6 Å². The third-order valence-electron chi connectivity index (χ3n) is 2.15. The molecule has 102 valence electrons. The smallest absolute Gasteiger partial charge is 0.335 e. The number of carboxylic acids is 1. The zero-order chi connectivity index (χ0) is 14.3. The van der Waals surface area contributed by atoms with Gasteiger partial charge in [0.2, 0.25) is 0 Å². The van der Waals surface area contributed by atoms with Gasteiger partial charge in [-0.25, -0.2) is 4.79 Å². The van der Waals surface area contributed by atoms with Crippen molar-refractivity contribution in [3.8, 4) is 5.75 Å². The Hall–Kier alpha value is -2.37. The summed E-state index contributed by atoms with van der Waals surface area (Å²) in [6.45, 7) is 1.62. The van der Waals surface area contributed by atoms with Crippen LogP contribution in [0.2, 0.25) is 0 Å². The molecule has 6 nitrogen and oxygen atoms in total. The van der Waals surface area contributed by atoms with Crippen LogP contribution in [0, 0.1) is 0 Å². The lowest BCUT2D eigenvalue weighted by Crippen LogP contribution is -2.17. The molecule has 0 saturated carbocycles. The van der Waals surface area contributed by atoms with Crippen LogP contribution in [0.4, 0.5) is 0 Å². The molecule has 0 aliphatic heterocycles. The molecule has 0 unspecified atom stereocenters. The Morgan fingerprint density at radius 1 is 1.16 bits per heavy atom. The van der Waals surface area contributed by atoms with E-state index in [0.29, 0.717) is 5.75 Å². The van der Waals surface area contributed by atoms with Crippen molar-refractivity contribution in [2.75, 3.05) is 13.2 Å². The molecule has 0 aromatic heterocycles. The molecule has 0 amide bonds. The molecule has 1 N–H and O–H groups in total. The SMILES string of the molecule is CCOC(=O)CC(=O)COc1ccc(C(=O)O)cc1. The predicted molar refractivity (Wildman–Crippen MR) is 65.2 cm³/mol. The first-order valence-electron chi connectivity index (χ1n) is 5.66. The number of ether oxygens (including phenoxy) is 2. The Labute approximate surface area is 109 Å². The number of hydrogen-bond acceptors (Lipinski definition) is 5. The quantitative estimate of drug-likeness (QED) is 0.590. The monoisotopic (exact) mass is 266 g/mol. The van der Waals surface area contributed by atoms with Gasteiger partial charge in [-0.2, -0.15) is 0 Å². The molecule has 19 heavy (non-hydrogen) atoms. The number of carboxylic acid groups (broad SMARTS) is 1. The number of carbonyl (C=O) groups excluding carboxylic acids is 2. The second kappa shape index (κ2) is 7.15. The van der Waals surface area contributed by atoms with Crippen molar-refractivity contribution in [1.29, 1.82) is 0 Å². The molecule has 0 aliphatic rings. The van der Waals surface area contributed by atoms with E-state index in [1.54, 1.807) is 6.92 Å². The van der Waals surface area contributed by atoms with E-state index in [0.717, 1.165) is 0 Å². The topological polar surface area (TPSA) is 89.9 Å². The Balaban J connectivity index is 2.42. The molecular formula is C13H14O6. The van der Waals surface area contributed by atoms with E-state index < -0.39 is 17.7 Å². The van der Waals surface area contributed by atoms with Gasteiger partial charge in [-0.3, -0.25) is 9.59 Å². The Morgan fingerprint density at radius 2 is 1.79 bits per heavy atom. The molecule has 1 aromatic rings. The maximum absolute atomic E-state index is 11.4. The second-order valence-electron chi connectivity index (χ2n) is 3.64. The fraction of sp³-hybridized carbons (Fsp3) is 0.308. The maximum Gasteiger partial charge on any atom is 0.335 e. The minimum Gasteiger partial charge on any atom is -0.486 e. The third kappa shape index (κ3) is 5.20. The highest BCUT2D eigenvalue weighted by Crippen LogP contribution is 2.12. The normalized spacial score (nSPS) is 9.74. The van der Waals surface area contributed by atoms with Crippen LogP contribution in [0.5, 0.6) is 5.75 Å². The average Bonchev–Trinajstić information content (AvgIpc) is 2.37. The summed E-state index contributed by atoms with van der Waals surface area (Å²) in [6.07, 6.45) is -0.332. The number of carbonyl (C=O) groups is 3. The summed E-state index contributed by atoms with van der Waals surface area (Å²) in [4.78, 5) is 33.0. The molecule has 1 rings (SSSR count). The van der Waals surface area contributed by atoms with Crippen molar-refractivity contribution in [1.82, 2.24) is 0 Å². The van der Waals surface area contributed by atoms with E-state index in [-0.39, 0.29) is 25.2 Å². The van der Waals surface area contributed by atoms with Crippen LogP contribution in [-0.4, -0.2) is 36.0 Å². The third-order valence-corrected chi connectivity index (χ3v) is 2.15. The lowest BCUT2D eigenvalue weighted by Gasteiger charge is -2.05. The molecule has 6 heteroatoms. The lowest BCUT2D eigenvalue weighted by atomic mass is 10.2. The Morgan fingerprint density at radius 3 is 2.32 bits per heavy atom. The zero-order valence-electron chi connectivity index (χ0n) is 10.4. The Kier molecular flexibility index (Phi) is 5.53. The van der Waals surface area contributed by atoms with Gasteiger partial charge in [0.1, 0.15) is 18.8 Å². The molecular weight excluding hydrogens is 252 g/mol. The summed E-state index contributed by atoms with van der Waals surface area (Å²) in [5.41, 5.74) is 0.130. The molecule has 0 radical (unpaired) electrons. The first kappa shape index (κ1) is 14.7. The molecule has 0 atom stereocenters. The largest absolute Gasteiger partial charge is 0.486 e. The molecule has 0 bridgehead atoms. The predicted octanol–water partition coefficient (Wildman–Crippen LogP) is 1.29. The highest BCUT2D eigenvalue weighted by Gasteiger charge is 2.11. The van der Waals surface area contributed by atoms with Crippen molar-refractivity contribution in [3.63, 3.8) is 0 Å². The van der Waals surface area contributed by atoms with Crippen molar-refractivity contribution < 1.29 is 29.0 Å². The first-order valence-corrected chi connectivity index (χ1v) is 5.66. The van der Waals surface area contributed by atoms with Crippen LogP contribution in [0.25, 0.3) is 0 Å². The van der Waals surface area contributed by atoms with Gasteiger partial charge in [-0.15, -0.1) is 0 Å². The summed E-state index contributed by atoms with van der Waals surface area (Å²) < 4.78 is 9.76. The average molecular weight is 266 g/mol. The number of esters is 1. The van der Waals surface area contributed by atoms with E-state index in [1.807, 2.05) is 0 Å². The van der Waals surface area contributed by atoms with Gasteiger partial charge in [0, 0.05) is 0 Å². The summed E-state index contributed by atoms with van der Waals surface area (Å²) in [6, 6.07) is 5.63. The fourth-order valence-corrected chi connectivity index (χ4v) is 1.28.